The Hall–Kier alpha value is -2.57. The number of carboxylic acids is 1. The minimum absolute atomic E-state index is 0.00101. The number of carbonyl (C=O) groups is 3. The summed E-state index contributed by atoms with van der Waals surface area (Å²) in [5, 5.41) is 8.58. The molecule has 2 amide bonds. The van der Waals surface area contributed by atoms with E-state index in [0.29, 0.717) is 38.3 Å². The largest absolute Gasteiger partial charge is 0.484 e. The zero-order valence-electron chi connectivity index (χ0n) is 13.5. The van der Waals surface area contributed by atoms with E-state index >= 15 is 0 Å². The molecule has 2 rings (SSSR count). The van der Waals surface area contributed by atoms with E-state index in [1.165, 1.54) is 0 Å². The van der Waals surface area contributed by atoms with E-state index in [4.69, 9.17) is 9.84 Å². The van der Waals surface area contributed by atoms with Gasteiger partial charge in [-0.2, -0.15) is 0 Å². The molecule has 7 heteroatoms. The molecular weight excluding hydrogens is 312 g/mol. The van der Waals surface area contributed by atoms with Gasteiger partial charge in [-0.1, -0.05) is 18.2 Å². The standard InChI is InChI=1S/C17H22N2O5/c20-15(7-4-8-17(22)23)18-9-11-19(12-10-18)16(21)13-24-14-5-2-1-3-6-14/h1-3,5-6H,4,7-13H2,(H,22,23). The van der Waals surface area contributed by atoms with Crippen molar-refractivity contribution in [3.05, 3.63) is 30.3 Å². The Kier molecular flexibility index (Phi) is 6.60. The molecule has 1 aromatic rings. The summed E-state index contributed by atoms with van der Waals surface area (Å²) >= 11 is 0. The molecule has 1 aromatic carbocycles. The minimum atomic E-state index is -0.892. The molecule has 0 aromatic heterocycles. The first kappa shape index (κ1) is 17.8. The van der Waals surface area contributed by atoms with Crippen molar-refractivity contribution >= 4 is 17.8 Å². The second kappa shape index (κ2) is 8.90. The minimum Gasteiger partial charge on any atom is -0.484 e. The summed E-state index contributed by atoms with van der Waals surface area (Å²) < 4.78 is 5.44. The number of carboxylic acid groups (broad SMARTS) is 1. The molecule has 0 unspecified atom stereocenters. The normalized spacial score (nSPS) is 14.3. The first-order chi connectivity index (χ1) is 11.6. The van der Waals surface area contributed by atoms with E-state index in [0.717, 1.165) is 0 Å². The van der Waals surface area contributed by atoms with Crippen LogP contribution in [-0.2, 0) is 14.4 Å². The molecule has 7 nitrogen and oxygen atoms in total. The molecule has 0 bridgehead atoms. The van der Waals surface area contributed by atoms with Crippen LogP contribution in [0.1, 0.15) is 19.3 Å². The van der Waals surface area contributed by atoms with Gasteiger partial charge in [0.05, 0.1) is 0 Å². The van der Waals surface area contributed by atoms with Crippen molar-refractivity contribution in [3.63, 3.8) is 0 Å². The zero-order chi connectivity index (χ0) is 17.4. The van der Waals surface area contributed by atoms with E-state index in [1.807, 2.05) is 18.2 Å². The molecule has 1 aliphatic heterocycles. The predicted octanol–water partition coefficient (Wildman–Crippen LogP) is 0.991. The summed E-state index contributed by atoms with van der Waals surface area (Å²) in [5.74, 6) is -0.393. The number of hydrogen-bond acceptors (Lipinski definition) is 4. The number of rotatable bonds is 7. The summed E-state index contributed by atoms with van der Waals surface area (Å²) in [6.07, 6.45) is 0.580. The van der Waals surface area contributed by atoms with Gasteiger partial charge in [-0.15, -0.1) is 0 Å². The number of aliphatic carboxylic acids is 1. The number of hydrogen-bond donors (Lipinski definition) is 1. The maximum Gasteiger partial charge on any atom is 0.303 e. The van der Waals surface area contributed by atoms with Gasteiger partial charge < -0.3 is 19.6 Å². The van der Waals surface area contributed by atoms with Gasteiger partial charge >= 0.3 is 5.97 Å². The predicted molar refractivity (Wildman–Crippen MR) is 86.6 cm³/mol. The fourth-order valence-corrected chi connectivity index (χ4v) is 2.51. The Balaban J connectivity index is 1.69. The van der Waals surface area contributed by atoms with Gasteiger partial charge in [-0.05, 0) is 18.6 Å². The van der Waals surface area contributed by atoms with Crippen LogP contribution < -0.4 is 4.74 Å². The highest BCUT2D eigenvalue weighted by Crippen LogP contribution is 2.10. The number of nitrogens with zero attached hydrogens (tertiary/aromatic N) is 2. The fourth-order valence-electron chi connectivity index (χ4n) is 2.51. The van der Waals surface area contributed by atoms with Crippen molar-refractivity contribution in [2.45, 2.75) is 19.3 Å². The lowest BCUT2D eigenvalue weighted by atomic mass is 10.2. The average Bonchev–Trinajstić information content (AvgIpc) is 2.60. The Morgan fingerprint density at radius 3 is 2.08 bits per heavy atom. The fraction of sp³-hybridized carbons (Fsp3) is 0.471. The van der Waals surface area contributed by atoms with E-state index in [-0.39, 0.29) is 31.3 Å². The monoisotopic (exact) mass is 334 g/mol. The number of piperazine rings is 1. The van der Waals surface area contributed by atoms with Gasteiger partial charge in [0.1, 0.15) is 5.75 Å². The van der Waals surface area contributed by atoms with Crippen LogP contribution in [0.5, 0.6) is 5.75 Å². The second-order valence-corrected chi connectivity index (χ2v) is 5.61. The SMILES string of the molecule is O=C(O)CCCC(=O)N1CCN(C(=O)COc2ccccc2)CC1. The highest BCUT2D eigenvalue weighted by molar-refractivity contribution is 5.79. The second-order valence-electron chi connectivity index (χ2n) is 5.61. The number of amides is 2. The topological polar surface area (TPSA) is 87.2 Å². The first-order valence-electron chi connectivity index (χ1n) is 8.01. The van der Waals surface area contributed by atoms with Crippen molar-refractivity contribution in [2.75, 3.05) is 32.8 Å². The van der Waals surface area contributed by atoms with Crippen molar-refractivity contribution in [3.8, 4) is 5.75 Å². The van der Waals surface area contributed by atoms with Gasteiger partial charge in [0.15, 0.2) is 6.61 Å². The first-order valence-corrected chi connectivity index (χ1v) is 8.01. The molecule has 0 atom stereocenters. The van der Waals surface area contributed by atoms with Crippen LogP contribution >= 0.6 is 0 Å². The lowest BCUT2D eigenvalue weighted by Gasteiger charge is -2.34. The highest BCUT2D eigenvalue weighted by atomic mass is 16.5. The molecule has 1 fully saturated rings. The molecule has 0 spiro atoms. The number of benzene rings is 1. The third-order valence-corrected chi connectivity index (χ3v) is 3.87. The van der Waals surface area contributed by atoms with Gasteiger partial charge in [0, 0.05) is 39.0 Å². The molecule has 1 aliphatic rings. The quantitative estimate of drug-likeness (QED) is 0.803. The Morgan fingerprint density at radius 2 is 1.50 bits per heavy atom. The third kappa shape index (κ3) is 5.57. The lowest BCUT2D eigenvalue weighted by Crippen LogP contribution is -2.51. The van der Waals surface area contributed by atoms with Crippen LogP contribution in [0.3, 0.4) is 0 Å². The van der Waals surface area contributed by atoms with Crippen molar-refractivity contribution < 1.29 is 24.2 Å². The van der Waals surface area contributed by atoms with Gasteiger partial charge in [-0.3, -0.25) is 14.4 Å². The lowest BCUT2D eigenvalue weighted by molar-refractivity contribution is -0.141. The van der Waals surface area contributed by atoms with E-state index in [9.17, 15) is 14.4 Å². The van der Waals surface area contributed by atoms with Crippen LogP contribution in [0.15, 0.2) is 30.3 Å². The maximum absolute atomic E-state index is 12.1. The highest BCUT2D eigenvalue weighted by Gasteiger charge is 2.24. The average molecular weight is 334 g/mol. The van der Waals surface area contributed by atoms with E-state index in [1.54, 1.807) is 21.9 Å². The Bertz CT molecular complexity index is 568. The van der Waals surface area contributed by atoms with E-state index in [2.05, 4.69) is 0 Å². The Labute approximate surface area is 140 Å². The van der Waals surface area contributed by atoms with Gasteiger partial charge in [-0.25, -0.2) is 0 Å². The van der Waals surface area contributed by atoms with Gasteiger partial charge in [0.2, 0.25) is 5.91 Å². The van der Waals surface area contributed by atoms with Crippen molar-refractivity contribution in [2.24, 2.45) is 0 Å². The molecule has 0 saturated carbocycles. The third-order valence-electron chi connectivity index (χ3n) is 3.87. The van der Waals surface area contributed by atoms with Crippen LogP contribution in [0.4, 0.5) is 0 Å². The summed E-state index contributed by atoms with van der Waals surface area (Å²) in [6, 6.07) is 9.15. The molecule has 1 saturated heterocycles. The van der Waals surface area contributed by atoms with Gasteiger partial charge in [0.25, 0.3) is 5.91 Å². The van der Waals surface area contributed by atoms with E-state index < -0.39 is 5.97 Å². The summed E-state index contributed by atoms with van der Waals surface area (Å²) in [5.41, 5.74) is 0. The molecule has 0 radical (unpaired) electrons. The molecule has 130 valence electrons. The van der Waals surface area contributed by atoms with Crippen LogP contribution in [0.2, 0.25) is 0 Å². The van der Waals surface area contributed by atoms with Crippen LogP contribution in [-0.4, -0.2) is 65.5 Å². The summed E-state index contributed by atoms with van der Waals surface area (Å²) in [6.45, 7) is 1.88. The van der Waals surface area contributed by atoms with Crippen molar-refractivity contribution in [1.29, 1.82) is 0 Å². The van der Waals surface area contributed by atoms with Crippen molar-refractivity contribution in [1.82, 2.24) is 9.80 Å². The zero-order valence-corrected chi connectivity index (χ0v) is 13.5. The molecule has 0 aliphatic carbocycles. The smallest absolute Gasteiger partial charge is 0.303 e. The molecule has 1 heterocycles. The summed E-state index contributed by atoms with van der Waals surface area (Å²) in [7, 11) is 0. The molecule has 24 heavy (non-hydrogen) atoms. The number of carbonyl (C=O) groups excluding carboxylic acids is 2. The molecule has 1 N–H and O–H groups in total. The summed E-state index contributed by atoms with van der Waals surface area (Å²) in [4.78, 5) is 37.9. The maximum atomic E-state index is 12.1. The number of ether oxygens (including phenoxy) is 1. The number of para-hydroxylation sites is 1. The van der Waals surface area contributed by atoms with Crippen LogP contribution in [0, 0.1) is 0 Å². The van der Waals surface area contributed by atoms with Crippen LogP contribution in [0.25, 0.3) is 0 Å². The molecular formula is C17H22N2O5. The Morgan fingerprint density at radius 1 is 0.917 bits per heavy atom.